The molecule has 0 saturated carbocycles. The standard InChI is InChI=1S/C26H34N2O5/c1-4-31-23-8-6-21(14-22(23)17-30-16-19(2)3)26(29)28-11-9-27(10-12-28)15-20-5-7-24-25(13-20)33-18-32-24/h5-8,13-14,19H,4,9-12,15-18H2,1-3H3. The molecule has 2 aromatic rings. The lowest BCUT2D eigenvalue weighted by atomic mass is 10.1. The van der Waals surface area contributed by atoms with Crippen LogP contribution in [0.3, 0.4) is 0 Å². The highest BCUT2D eigenvalue weighted by Gasteiger charge is 2.23. The van der Waals surface area contributed by atoms with Crippen molar-refractivity contribution in [3.05, 3.63) is 53.1 Å². The molecule has 2 aromatic carbocycles. The van der Waals surface area contributed by atoms with Crippen LogP contribution in [-0.2, 0) is 17.9 Å². The Balaban J connectivity index is 1.34. The van der Waals surface area contributed by atoms with Crippen molar-refractivity contribution in [2.24, 2.45) is 5.92 Å². The van der Waals surface area contributed by atoms with Crippen LogP contribution in [0.5, 0.6) is 17.2 Å². The van der Waals surface area contributed by atoms with Gasteiger partial charge in [-0.05, 0) is 48.7 Å². The van der Waals surface area contributed by atoms with Gasteiger partial charge >= 0.3 is 0 Å². The Kier molecular flexibility index (Phi) is 7.73. The Morgan fingerprint density at radius 1 is 1.03 bits per heavy atom. The SMILES string of the molecule is CCOc1ccc(C(=O)N2CCN(Cc3ccc4c(c3)OCO4)CC2)cc1COCC(C)C. The van der Waals surface area contributed by atoms with Crippen LogP contribution in [-0.4, -0.2) is 61.9 Å². The molecule has 7 heteroatoms. The maximum absolute atomic E-state index is 13.2. The van der Waals surface area contributed by atoms with Gasteiger partial charge in [-0.3, -0.25) is 9.69 Å². The zero-order chi connectivity index (χ0) is 23.2. The number of rotatable bonds is 9. The summed E-state index contributed by atoms with van der Waals surface area (Å²) in [5.74, 6) is 2.92. The van der Waals surface area contributed by atoms with Gasteiger partial charge in [-0.15, -0.1) is 0 Å². The molecule has 0 aliphatic carbocycles. The number of piperazine rings is 1. The molecule has 1 saturated heterocycles. The second kappa shape index (κ2) is 10.9. The molecule has 4 rings (SSSR count). The van der Waals surface area contributed by atoms with E-state index in [2.05, 4.69) is 24.8 Å². The molecule has 0 radical (unpaired) electrons. The van der Waals surface area contributed by atoms with E-state index in [0.717, 1.165) is 42.4 Å². The summed E-state index contributed by atoms with van der Waals surface area (Å²) in [6, 6.07) is 11.8. The fraction of sp³-hybridized carbons (Fsp3) is 0.500. The summed E-state index contributed by atoms with van der Waals surface area (Å²) in [6.45, 7) is 12.1. The molecule has 0 spiro atoms. The molecular weight excluding hydrogens is 420 g/mol. The smallest absolute Gasteiger partial charge is 0.253 e. The fourth-order valence-electron chi connectivity index (χ4n) is 4.12. The molecule has 7 nitrogen and oxygen atoms in total. The van der Waals surface area contributed by atoms with Crippen LogP contribution >= 0.6 is 0 Å². The number of fused-ring (bicyclic) bond motifs is 1. The number of nitrogens with zero attached hydrogens (tertiary/aromatic N) is 2. The van der Waals surface area contributed by atoms with Crippen LogP contribution in [0, 0.1) is 5.92 Å². The van der Waals surface area contributed by atoms with E-state index in [9.17, 15) is 4.79 Å². The molecule has 2 aliphatic heterocycles. The number of benzene rings is 2. The summed E-state index contributed by atoms with van der Waals surface area (Å²) < 4.78 is 22.4. The van der Waals surface area contributed by atoms with Gasteiger partial charge in [-0.1, -0.05) is 19.9 Å². The minimum absolute atomic E-state index is 0.0610. The second-order valence-electron chi connectivity index (χ2n) is 8.92. The summed E-state index contributed by atoms with van der Waals surface area (Å²) in [5.41, 5.74) is 2.80. The van der Waals surface area contributed by atoms with Gasteiger partial charge in [0, 0.05) is 50.5 Å². The van der Waals surface area contributed by atoms with Crippen molar-refractivity contribution in [2.45, 2.75) is 33.9 Å². The lowest BCUT2D eigenvalue weighted by Gasteiger charge is -2.35. The summed E-state index contributed by atoms with van der Waals surface area (Å²) in [6.07, 6.45) is 0. The minimum atomic E-state index is 0.0610. The zero-order valence-corrected chi connectivity index (χ0v) is 19.8. The van der Waals surface area contributed by atoms with Crippen LogP contribution < -0.4 is 14.2 Å². The molecule has 2 aliphatic rings. The van der Waals surface area contributed by atoms with Crippen molar-refractivity contribution >= 4 is 5.91 Å². The van der Waals surface area contributed by atoms with E-state index in [4.69, 9.17) is 18.9 Å². The van der Waals surface area contributed by atoms with Crippen molar-refractivity contribution in [3.8, 4) is 17.2 Å². The lowest BCUT2D eigenvalue weighted by molar-refractivity contribution is 0.0627. The quantitative estimate of drug-likeness (QED) is 0.572. The summed E-state index contributed by atoms with van der Waals surface area (Å²) in [5, 5.41) is 0. The molecule has 2 heterocycles. The van der Waals surface area contributed by atoms with Crippen molar-refractivity contribution in [2.75, 3.05) is 46.2 Å². The lowest BCUT2D eigenvalue weighted by Crippen LogP contribution is -2.48. The van der Waals surface area contributed by atoms with Gasteiger partial charge in [0.1, 0.15) is 5.75 Å². The molecule has 0 atom stereocenters. The van der Waals surface area contributed by atoms with E-state index in [1.54, 1.807) is 0 Å². The first-order valence-electron chi connectivity index (χ1n) is 11.8. The normalized spacial score (nSPS) is 15.8. The highest BCUT2D eigenvalue weighted by molar-refractivity contribution is 5.94. The van der Waals surface area contributed by atoms with E-state index >= 15 is 0 Å². The number of hydrogen-bond acceptors (Lipinski definition) is 6. The largest absolute Gasteiger partial charge is 0.494 e. The predicted octanol–water partition coefficient (Wildman–Crippen LogP) is 3.94. The Bertz CT molecular complexity index is 954. The Hall–Kier alpha value is -2.77. The highest BCUT2D eigenvalue weighted by atomic mass is 16.7. The fourth-order valence-corrected chi connectivity index (χ4v) is 4.12. The van der Waals surface area contributed by atoms with Crippen LogP contribution in [0.4, 0.5) is 0 Å². The first-order valence-corrected chi connectivity index (χ1v) is 11.8. The van der Waals surface area contributed by atoms with Gasteiger partial charge < -0.3 is 23.8 Å². The van der Waals surface area contributed by atoms with Crippen LogP contribution in [0.2, 0.25) is 0 Å². The molecule has 33 heavy (non-hydrogen) atoms. The van der Waals surface area contributed by atoms with E-state index < -0.39 is 0 Å². The average molecular weight is 455 g/mol. The second-order valence-corrected chi connectivity index (χ2v) is 8.92. The molecule has 0 aromatic heterocycles. The summed E-state index contributed by atoms with van der Waals surface area (Å²) in [7, 11) is 0. The number of hydrogen-bond donors (Lipinski definition) is 0. The molecule has 0 N–H and O–H groups in total. The Labute approximate surface area is 196 Å². The monoisotopic (exact) mass is 454 g/mol. The zero-order valence-electron chi connectivity index (χ0n) is 19.8. The Morgan fingerprint density at radius 2 is 1.82 bits per heavy atom. The van der Waals surface area contributed by atoms with Crippen LogP contribution in [0.25, 0.3) is 0 Å². The number of carbonyl (C=O) groups excluding carboxylic acids is 1. The van der Waals surface area contributed by atoms with Crippen molar-refractivity contribution in [3.63, 3.8) is 0 Å². The molecule has 178 valence electrons. The minimum Gasteiger partial charge on any atom is -0.494 e. The predicted molar refractivity (Wildman–Crippen MR) is 126 cm³/mol. The van der Waals surface area contributed by atoms with Crippen molar-refractivity contribution in [1.29, 1.82) is 0 Å². The van der Waals surface area contributed by atoms with Crippen molar-refractivity contribution in [1.82, 2.24) is 9.80 Å². The van der Waals surface area contributed by atoms with Gasteiger partial charge in [0.15, 0.2) is 11.5 Å². The third kappa shape index (κ3) is 5.97. The molecule has 1 amide bonds. The number of ether oxygens (including phenoxy) is 4. The first-order chi connectivity index (χ1) is 16.0. The van der Waals surface area contributed by atoms with Crippen LogP contribution in [0.15, 0.2) is 36.4 Å². The van der Waals surface area contributed by atoms with E-state index in [0.29, 0.717) is 44.4 Å². The van der Waals surface area contributed by atoms with Crippen LogP contribution in [0.1, 0.15) is 42.3 Å². The third-order valence-electron chi connectivity index (χ3n) is 5.82. The third-order valence-corrected chi connectivity index (χ3v) is 5.82. The molecule has 0 bridgehead atoms. The first kappa shape index (κ1) is 23.4. The molecule has 1 fully saturated rings. The average Bonchev–Trinajstić information content (AvgIpc) is 3.28. The highest BCUT2D eigenvalue weighted by Crippen LogP contribution is 2.33. The van der Waals surface area contributed by atoms with Gasteiger partial charge in [0.05, 0.1) is 13.2 Å². The van der Waals surface area contributed by atoms with Gasteiger partial charge in [0.2, 0.25) is 6.79 Å². The Morgan fingerprint density at radius 3 is 2.58 bits per heavy atom. The number of carbonyl (C=O) groups is 1. The van der Waals surface area contributed by atoms with Gasteiger partial charge in [-0.2, -0.15) is 0 Å². The maximum atomic E-state index is 13.2. The van der Waals surface area contributed by atoms with Gasteiger partial charge in [-0.25, -0.2) is 0 Å². The van der Waals surface area contributed by atoms with Crippen molar-refractivity contribution < 1.29 is 23.7 Å². The number of amides is 1. The topological polar surface area (TPSA) is 60.5 Å². The van der Waals surface area contributed by atoms with E-state index in [1.807, 2.05) is 42.2 Å². The maximum Gasteiger partial charge on any atom is 0.253 e. The summed E-state index contributed by atoms with van der Waals surface area (Å²) in [4.78, 5) is 17.5. The summed E-state index contributed by atoms with van der Waals surface area (Å²) >= 11 is 0. The molecule has 0 unspecified atom stereocenters. The van der Waals surface area contributed by atoms with Gasteiger partial charge in [0.25, 0.3) is 5.91 Å². The molecular formula is C26H34N2O5. The van der Waals surface area contributed by atoms with E-state index in [1.165, 1.54) is 5.56 Å². The van der Waals surface area contributed by atoms with E-state index in [-0.39, 0.29) is 12.7 Å².